The van der Waals surface area contributed by atoms with Gasteiger partial charge in [-0.25, -0.2) is 4.39 Å². The number of hydrogen-bond acceptors (Lipinski definition) is 2. The first-order chi connectivity index (χ1) is 8.49. The Balaban J connectivity index is 2.46. The minimum absolute atomic E-state index is 0.263. The zero-order chi connectivity index (χ0) is 13.3. The fraction of sp³-hybridized carbons (Fsp3) is 0.0769. The van der Waals surface area contributed by atoms with Crippen LogP contribution in [0.3, 0.4) is 0 Å². The first kappa shape index (κ1) is 13.0. The second-order valence-corrected chi connectivity index (χ2v) is 4.73. The number of hydrogen-bond donors (Lipinski definition) is 2. The molecule has 2 aromatic carbocycles. The van der Waals surface area contributed by atoms with E-state index in [-0.39, 0.29) is 5.69 Å². The SMILES string of the molecule is Cc1c(Cl)ccc(N)c1Nc1cc(Cl)ccc1F. The summed E-state index contributed by atoms with van der Waals surface area (Å²) in [5, 5.41) is 3.93. The average molecular weight is 285 g/mol. The molecule has 0 heterocycles. The number of halogens is 3. The smallest absolute Gasteiger partial charge is 0.146 e. The van der Waals surface area contributed by atoms with Crippen molar-refractivity contribution in [2.24, 2.45) is 0 Å². The molecule has 18 heavy (non-hydrogen) atoms. The highest BCUT2D eigenvalue weighted by Gasteiger charge is 2.10. The van der Waals surface area contributed by atoms with Crippen molar-refractivity contribution < 1.29 is 4.39 Å². The molecule has 2 rings (SSSR count). The lowest BCUT2D eigenvalue weighted by Gasteiger charge is -2.14. The monoisotopic (exact) mass is 284 g/mol. The highest BCUT2D eigenvalue weighted by atomic mass is 35.5. The zero-order valence-electron chi connectivity index (χ0n) is 9.60. The number of nitrogens with one attached hydrogen (secondary N) is 1. The van der Waals surface area contributed by atoms with Gasteiger partial charge in [0, 0.05) is 10.0 Å². The van der Waals surface area contributed by atoms with Gasteiger partial charge in [0.05, 0.1) is 17.1 Å². The largest absolute Gasteiger partial charge is 0.397 e. The molecular formula is C13H11Cl2FN2. The summed E-state index contributed by atoms with van der Waals surface area (Å²) in [6.07, 6.45) is 0. The van der Waals surface area contributed by atoms with Crippen LogP contribution in [0.1, 0.15) is 5.56 Å². The Bertz CT molecular complexity index is 600. The van der Waals surface area contributed by atoms with Crippen LogP contribution >= 0.6 is 23.2 Å². The van der Waals surface area contributed by atoms with E-state index in [2.05, 4.69) is 5.32 Å². The molecule has 0 fully saturated rings. The van der Waals surface area contributed by atoms with Gasteiger partial charge in [0.1, 0.15) is 5.82 Å². The van der Waals surface area contributed by atoms with Gasteiger partial charge in [-0.2, -0.15) is 0 Å². The first-order valence-electron chi connectivity index (χ1n) is 5.25. The van der Waals surface area contributed by atoms with E-state index >= 15 is 0 Å². The van der Waals surface area contributed by atoms with E-state index < -0.39 is 5.82 Å². The summed E-state index contributed by atoms with van der Waals surface area (Å²) < 4.78 is 13.6. The third-order valence-corrected chi connectivity index (χ3v) is 3.26. The Morgan fingerprint density at radius 3 is 2.61 bits per heavy atom. The van der Waals surface area contributed by atoms with Crippen molar-refractivity contribution >= 4 is 40.3 Å². The molecule has 5 heteroatoms. The van der Waals surface area contributed by atoms with Crippen LogP contribution in [-0.4, -0.2) is 0 Å². The lowest BCUT2D eigenvalue weighted by molar-refractivity contribution is 0.632. The van der Waals surface area contributed by atoms with E-state index in [1.165, 1.54) is 18.2 Å². The number of benzene rings is 2. The van der Waals surface area contributed by atoms with Crippen LogP contribution in [0.5, 0.6) is 0 Å². The molecule has 0 unspecified atom stereocenters. The Morgan fingerprint density at radius 2 is 1.89 bits per heavy atom. The Morgan fingerprint density at radius 1 is 1.17 bits per heavy atom. The molecule has 0 amide bonds. The quantitative estimate of drug-likeness (QED) is 0.780. The normalized spacial score (nSPS) is 10.4. The van der Waals surface area contributed by atoms with Crippen LogP contribution in [0.4, 0.5) is 21.5 Å². The molecule has 0 aromatic heterocycles. The van der Waals surface area contributed by atoms with Crippen molar-refractivity contribution in [3.8, 4) is 0 Å². The highest BCUT2D eigenvalue weighted by molar-refractivity contribution is 6.32. The lowest BCUT2D eigenvalue weighted by Crippen LogP contribution is -2.01. The Hall–Kier alpha value is -1.45. The average Bonchev–Trinajstić information content (AvgIpc) is 2.34. The maximum atomic E-state index is 13.6. The number of rotatable bonds is 2. The maximum Gasteiger partial charge on any atom is 0.146 e. The summed E-state index contributed by atoms with van der Waals surface area (Å²) in [6, 6.07) is 7.64. The van der Waals surface area contributed by atoms with Crippen LogP contribution < -0.4 is 11.1 Å². The second kappa shape index (κ2) is 5.04. The molecule has 2 aromatic rings. The maximum absolute atomic E-state index is 13.6. The predicted octanol–water partition coefficient (Wildman–Crippen LogP) is 4.77. The van der Waals surface area contributed by atoms with Crippen molar-refractivity contribution in [3.63, 3.8) is 0 Å². The van der Waals surface area contributed by atoms with Crippen molar-refractivity contribution in [3.05, 3.63) is 51.8 Å². The van der Waals surface area contributed by atoms with Gasteiger partial charge < -0.3 is 11.1 Å². The second-order valence-electron chi connectivity index (χ2n) is 3.89. The van der Waals surface area contributed by atoms with E-state index in [1.54, 1.807) is 12.1 Å². The van der Waals surface area contributed by atoms with E-state index in [0.29, 0.717) is 21.4 Å². The molecule has 0 radical (unpaired) electrons. The van der Waals surface area contributed by atoms with E-state index in [9.17, 15) is 4.39 Å². The molecule has 0 bridgehead atoms. The molecular weight excluding hydrogens is 274 g/mol. The van der Waals surface area contributed by atoms with Gasteiger partial charge >= 0.3 is 0 Å². The van der Waals surface area contributed by atoms with Gasteiger partial charge in [-0.05, 0) is 42.8 Å². The number of nitrogens with two attached hydrogens (primary N) is 1. The molecule has 0 atom stereocenters. The van der Waals surface area contributed by atoms with E-state index in [4.69, 9.17) is 28.9 Å². The molecule has 0 spiro atoms. The van der Waals surface area contributed by atoms with Gasteiger partial charge in [-0.15, -0.1) is 0 Å². The number of anilines is 3. The summed E-state index contributed by atoms with van der Waals surface area (Å²) in [5.74, 6) is -0.404. The third kappa shape index (κ3) is 2.52. The van der Waals surface area contributed by atoms with Crippen LogP contribution in [0.25, 0.3) is 0 Å². The summed E-state index contributed by atoms with van der Waals surface area (Å²) >= 11 is 11.8. The summed E-state index contributed by atoms with van der Waals surface area (Å²) in [7, 11) is 0. The molecule has 94 valence electrons. The van der Waals surface area contributed by atoms with E-state index in [0.717, 1.165) is 5.56 Å². The van der Waals surface area contributed by atoms with Crippen molar-refractivity contribution in [1.82, 2.24) is 0 Å². The highest BCUT2D eigenvalue weighted by Crippen LogP contribution is 2.33. The summed E-state index contributed by atoms with van der Waals surface area (Å²) in [6.45, 7) is 1.81. The number of nitrogen functional groups attached to an aromatic ring is 1. The van der Waals surface area contributed by atoms with Crippen LogP contribution in [0, 0.1) is 12.7 Å². The third-order valence-electron chi connectivity index (χ3n) is 2.62. The van der Waals surface area contributed by atoms with Crippen LogP contribution in [0.2, 0.25) is 10.0 Å². The predicted molar refractivity (Wildman–Crippen MR) is 75.3 cm³/mol. The Labute approximate surface area is 115 Å². The standard InChI is InChI=1S/C13H11Cl2FN2/c1-7-9(15)3-5-11(17)13(7)18-12-6-8(14)2-4-10(12)16/h2-6,18H,17H2,1H3. The molecule has 0 aliphatic carbocycles. The van der Waals surface area contributed by atoms with Gasteiger partial charge in [0.25, 0.3) is 0 Å². The van der Waals surface area contributed by atoms with Gasteiger partial charge in [0.2, 0.25) is 0 Å². The minimum atomic E-state index is -0.404. The van der Waals surface area contributed by atoms with Gasteiger partial charge in [-0.3, -0.25) is 0 Å². The molecule has 0 saturated carbocycles. The van der Waals surface area contributed by atoms with Crippen molar-refractivity contribution in [2.45, 2.75) is 6.92 Å². The minimum Gasteiger partial charge on any atom is -0.397 e. The summed E-state index contributed by atoms with van der Waals surface area (Å²) in [5.41, 5.74) is 7.96. The van der Waals surface area contributed by atoms with Crippen molar-refractivity contribution in [1.29, 1.82) is 0 Å². The summed E-state index contributed by atoms with van der Waals surface area (Å²) in [4.78, 5) is 0. The fourth-order valence-electron chi connectivity index (χ4n) is 1.60. The van der Waals surface area contributed by atoms with Gasteiger partial charge in [-0.1, -0.05) is 23.2 Å². The fourth-order valence-corrected chi connectivity index (χ4v) is 1.93. The molecule has 0 saturated heterocycles. The molecule has 0 aliphatic heterocycles. The topological polar surface area (TPSA) is 38.0 Å². The molecule has 0 aliphatic rings. The van der Waals surface area contributed by atoms with Gasteiger partial charge in [0.15, 0.2) is 0 Å². The Kier molecular flexibility index (Phi) is 3.64. The first-order valence-corrected chi connectivity index (χ1v) is 6.01. The lowest BCUT2D eigenvalue weighted by atomic mass is 10.1. The molecule has 2 nitrogen and oxygen atoms in total. The zero-order valence-corrected chi connectivity index (χ0v) is 11.1. The van der Waals surface area contributed by atoms with Crippen LogP contribution in [-0.2, 0) is 0 Å². The van der Waals surface area contributed by atoms with Crippen LogP contribution in [0.15, 0.2) is 30.3 Å². The van der Waals surface area contributed by atoms with E-state index in [1.807, 2.05) is 6.92 Å². The molecule has 3 N–H and O–H groups in total. The van der Waals surface area contributed by atoms with Crippen molar-refractivity contribution in [2.75, 3.05) is 11.1 Å².